The quantitative estimate of drug-likeness (QED) is 0.660. The molecular formula is C21H21N5. The fourth-order valence-electron chi connectivity index (χ4n) is 2.58. The van der Waals surface area contributed by atoms with Crippen LogP contribution in [0.5, 0.6) is 0 Å². The molecule has 0 unspecified atom stereocenters. The van der Waals surface area contributed by atoms with Crippen molar-refractivity contribution in [3.8, 4) is 6.07 Å². The number of anilines is 4. The molecule has 0 amide bonds. The molecule has 0 spiro atoms. The topological polar surface area (TPSA) is 73.6 Å². The third-order valence-corrected chi connectivity index (χ3v) is 3.95. The van der Waals surface area contributed by atoms with E-state index >= 15 is 0 Å². The van der Waals surface area contributed by atoms with Gasteiger partial charge in [0.15, 0.2) is 0 Å². The van der Waals surface area contributed by atoms with Gasteiger partial charge in [0.1, 0.15) is 5.82 Å². The molecule has 5 nitrogen and oxygen atoms in total. The van der Waals surface area contributed by atoms with Crippen molar-refractivity contribution in [2.75, 3.05) is 10.6 Å². The van der Waals surface area contributed by atoms with Gasteiger partial charge in [0, 0.05) is 23.1 Å². The predicted octanol–water partition coefficient (Wildman–Crippen LogP) is 5.27. The van der Waals surface area contributed by atoms with E-state index in [1.54, 1.807) is 12.1 Å². The minimum absolute atomic E-state index is 0.499. The van der Waals surface area contributed by atoms with E-state index in [0.717, 1.165) is 17.1 Å². The maximum atomic E-state index is 9.02. The number of rotatable bonds is 5. The summed E-state index contributed by atoms with van der Waals surface area (Å²) in [6, 6.07) is 19.6. The first-order valence-corrected chi connectivity index (χ1v) is 8.53. The van der Waals surface area contributed by atoms with Gasteiger partial charge < -0.3 is 10.6 Å². The van der Waals surface area contributed by atoms with Crippen LogP contribution in [0.25, 0.3) is 0 Å². The summed E-state index contributed by atoms with van der Waals surface area (Å²) in [5.41, 5.74) is 4.50. The van der Waals surface area contributed by atoms with E-state index in [1.165, 1.54) is 5.56 Å². The molecule has 0 aliphatic heterocycles. The van der Waals surface area contributed by atoms with E-state index in [4.69, 9.17) is 5.26 Å². The highest BCUT2D eigenvalue weighted by molar-refractivity contribution is 5.61. The van der Waals surface area contributed by atoms with E-state index in [1.807, 2.05) is 37.3 Å². The van der Waals surface area contributed by atoms with Crippen LogP contribution in [-0.2, 0) is 0 Å². The molecule has 0 saturated carbocycles. The average molecular weight is 343 g/mol. The van der Waals surface area contributed by atoms with Crippen molar-refractivity contribution in [3.05, 3.63) is 71.4 Å². The summed E-state index contributed by atoms with van der Waals surface area (Å²) in [4.78, 5) is 8.97. The van der Waals surface area contributed by atoms with Crippen LogP contribution in [0.2, 0.25) is 0 Å². The predicted molar refractivity (Wildman–Crippen MR) is 105 cm³/mol. The molecule has 1 aromatic heterocycles. The van der Waals surface area contributed by atoms with Crippen molar-refractivity contribution in [1.82, 2.24) is 9.97 Å². The smallest absolute Gasteiger partial charge is 0.229 e. The molecule has 2 aromatic carbocycles. The summed E-state index contributed by atoms with van der Waals surface area (Å²) in [7, 11) is 0. The van der Waals surface area contributed by atoms with Gasteiger partial charge in [-0.2, -0.15) is 10.2 Å². The molecule has 5 heteroatoms. The molecule has 3 aromatic rings. The van der Waals surface area contributed by atoms with Crippen LogP contribution >= 0.6 is 0 Å². The molecule has 0 bridgehead atoms. The second-order valence-corrected chi connectivity index (χ2v) is 6.44. The van der Waals surface area contributed by atoms with E-state index in [9.17, 15) is 0 Å². The molecular weight excluding hydrogens is 322 g/mol. The first-order valence-electron chi connectivity index (χ1n) is 8.53. The highest BCUT2D eigenvalue weighted by atomic mass is 15.1. The molecule has 2 N–H and O–H groups in total. The summed E-state index contributed by atoms with van der Waals surface area (Å²) in [6.07, 6.45) is 0. The van der Waals surface area contributed by atoms with Crippen molar-refractivity contribution >= 4 is 23.1 Å². The van der Waals surface area contributed by atoms with Crippen LogP contribution in [0, 0.1) is 18.3 Å². The van der Waals surface area contributed by atoms with Crippen LogP contribution in [0.15, 0.2) is 54.6 Å². The first kappa shape index (κ1) is 17.4. The Kier molecular flexibility index (Phi) is 5.14. The van der Waals surface area contributed by atoms with Crippen molar-refractivity contribution in [2.24, 2.45) is 0 Å². The van der Waals surface area contributed by atoms with Gasteiger partial charge in [-0.1, -0.05) is 32.0 Å². The fourth-order valence-corrected chi connectivity index (χ4v) is 2.58. The number of aromatic nitrogens is 2. The zero-order chi connectivity index (χ0) is 18.5. The maximum absolute atomic E-state index is 9.02. The molecule has 0 fully saturated rings. The second-order valence-electron chi connectivity index (χ2n) is 6.44. The van der Waals surface area contributed by atoms with Crippen molar-refractivity contribution in [1.29, 1.82) is 5.26 Å². The number of hydrogen-bond donors (Lipinski definition) is 2. The Morgan fingerprint density at radius 3 is 2.38 bits per heavy atom. The third kappa shape index (κ3) is 4.37. The first-order chi connectivity index (χ1) is 12.5. The minimum atomic E-state index is 0.499. The van der Waals surface area contributed by atoms with Crippen LogP contribution in [0.4, 0.5) is 23.1 Å². The summed E-state index contributed by atoms with van der Waals surface area (Å²) >= 11 is 0. The zero-order valence-electron chi connectivity index (χ0n) is 15.1. The normalized spacial score (nSPS) is 10.4. The van der Waals surface area contributed by atoms with Crippen molar-refractivity contribution in [2.45, 2.75) is 26.7 Å². The summed E-state index contributed by atoms with van der Waals surface area (Å²) in [5, 5.41) is 15.5. The van der Waals surface area contributed by atoms with E-state index in [-0.39, 0.29) is 0 Å². The van der Waals surface area contributed by atoms with E-state index in [0.29, 0.717) is 23.2 Å². The number of nitriles is 1. The Balaban J connectivity index is 1.80. The monoisotopic (exact) mass is 343 g/mol. The second kappa shape index (κ2) is 7.66. The lowest BCUT2D eigenvalue weighted by Gasteiger charge is -2.11. The molecule has 130 valence electrons. The molecule has 0 radical (unpaired) electrons. The van der Waals surface area contributed by atoms with Gasteiger partial charge in [0.25, 0.3) is 0 Å². The van der Waals surface area contributed by atoms with Crippen LogP contribution < -0.4 is 10.6 Å². The van der Waals surface area contributed by atoms with Gasteiger partial charge in [0.2, 0.25) is 5.95 Å². The lowest BCUT2D eigenvalue weighted by molar-refractivity contribution is 0.867. The van der Waals surface area contributed by atoms with Crippen LogP contribution in [-0.4, -0.2) is 9.97 Å². The Morgan fingerprint density at radius 1 is 0.923 bits per heavy atom. The zero-order valence-corrected chi connectivity index (χ0v) is 15.1. The van der Waals surface area contributed by atoms with Gasteiger partial charge in [-0.05, 0) is 48.7 Å². The number of nitrogens with one attached hydrogen (secondary N) is 2. The minimum Gasteiger partial charge on any atom is -0.340 e. The molecule has 0 aliphatic carbocycles. The number of aryl methyl sites for hydroxylation is 1. The van der Waals surface area contributed by atoms with Crippen molar-refractivity contribution < 1.29 is 0 Å². The lowest BCUT2D eigenvalue weighted by atomic mass is 10.0. The third-order valence-electron chi connectivity index (χ3n) is 3.95. The van der Waals surface area contributed by atoms with Crippen LogP contribution in [0.3, 0.4) is 0 Å². The Hall–Kier alpha value is -3.39. The number of hydrogen-bond acceptors (Lipinski definition) is 5. The average Bonchev–Trinajstić information content (AvgIpc) is 2.62. The Labute approximate surface area is 153 Å². The van der Waals surface area contributed by atoms with E-state index in [2.05, 4.69) is 52.7 Å². The standard InChI is InChI=1S/C21H21N5/c1-14(2)17-7-9-18(10-8-17)25-21-23-15(3)11-20(26-21)24-19-6-4-5-16(12-19)13-22/h4-12,14H,1-3H3,(H2,23,24,25,26). The highest BCUT2D eigenvalue weighted by Crippen LogP contribution is 2.21. The maximum Gasteiger partial charge on any atom is 0.229 e. The Bertz CT molecular complexity index is 939. The molecule has 0 aliphatic rings. The number of benzene rings is 2. The highest BCUT2D eigenvalue weighted by Gasteiger charge is 2.05. The van der Waals surface area contributed by atoms with Gasteiger partial charge in [-0.3, -0.25) is 0 Å². The number of nitrogens with zero attached hydrogens (tertiary/aromatic N) is 3. The van der Waals surface area contributed by atoms with Gasteiger partial charge in [-0.15, -0.1) is 0 Å². The van der Waals surface area contributed by atoms with Gasteiger partial charge in [-0.25, -0.2) is 4.98 Å². The Morgan fingerprint density at radius 2 is 1.69 bits per heavy atom. The molecule has 3 rings (SSSR count). The fraction of sp³-hybridized carbons (Fsp3) is 0.190. The summed E-state index contributed by atoms with van der Waals surface area (Å²) in [5.74, 6) is 1.70. The summed E-state index contributed by atoms with van der Waals surface area (Å²) < 4.78 is 0. The molecule has 0 atom stereocenters. The van der Waals surface area contributed by atoms with Gasteiger partial charge >= 0.3 is 0 Å². The largest absolute Gasteiger partial charge is 0.340 e. The SMILES string of the molecule is Cc1cc(Nc2cccc(C#N)c2)nc(Nc2ccc(C(C)C)cc2)n1. The van der Waals surface area contributed by atoms with Crippen LogP contribution in [0.1, 0.15) is 36.6 Å². The van der Waals surface area contributed by atoms with Gasteiger partial charge in [0.05, 0.1) is 11.6 Å². The molecule has 26 heavy (non-hydrogen) atoms. The summed E-state index contributed by atoms with van der Waals surface area (Å²) in [6.45, 7) is 6.27. The van der Waals surface area contributed by atoms with Crippen molar-refractivity contribution in [3.63, 3.8) is 0 Å². The lowest BCUT2D eigenvalue weighted by Crippen LogP contribution is -2.02. The molecule has 1 heterocycles. The molecule has 0 saturated heterocycles. The van der Waals surface area contributed by atoms with E-state index < -0.39 is 0 Å².